The smallest absolute Gasteiger partial charge is 0.234 e. The van der Waals surface area contributed by atoms with Crippen LogP contribution in [0.5, 0.6) is 17.2 Å². The van der Waals surface area contributed by atoms with Crippen LogP contribution in [-0.4, -0.2) is 33.5 Å². The van der Waals surface area contributed by atoms with Crippen LogP contribution >= 0.6 is 23.4 Å². The minimum Gasteiger partial charge on any atom is -0.497 e. The molecule has 0 aliphatic carbocycles. The quantitative estimate of drug-likeness (QED) is 0.348. The number of hydrogen-bond donors (Lipinski definition) is 1. The minimum absolute atomic E-state index is 0.148. The lowest BCUT2D eigenvalue weighted by Crippen LogP contribution is -2.15. The molecule has 7 nitrogen and oxygen atoms in total. The summed E-state index contributed by atoms with van der Waals surface area (Å²) in [5, 5.41) is 12.1. The van der Waals surface area contributed by atoms with E-state index in [2.05, 4.69) is 15.5 Å². The van der Waals surface area contributed by atoms with Gasteiger partial charge in [-0.3, -0.25) is 9.36 Å². The monoisotopic (exact) mass is 466 g/mol. The number of hydrogen-bond acceptors (Lipinski definition) is 6. The summed E-state index contributed by atoms with van der Waals surface area (Å²) in [6.07, 6.45) is 1.61. The maximum atomic E-state index is 12.6. The molecule has 0 aliphatic heterocycles. The molecule has 9 heteroatoms. The van der Waals surface area contributed by atoms with Crippen molar-refractivity contribution in [2.24, 2.45) is 0 Å². The van der Waals surface area contributed by atoms with E-state index in [0.29, 0.717) is 27.4 Å². The molecule has 4 rings (SSSR count). The summed E-state index contributed by atoms with van der Waals surface area (Å²) in [6, 6.07) is 21.9. The van der Waals surface area contributed by atoms with Gasteiger partial charge in [-0.05, 0) is 48.5 Å². The van der Waals surface area contributed by atoms with E-state index in [4.69, 9.17) is 21.1 Å². The first-order chi connectivity index (χ1) is 15.6. The van der Waals surface area contributed by atoms with Crippen molar-refractivity contribution >= 4 is 35.0 Å². The molecule has 0 aliphatic rings. The summed E-state index contributed by atoms with van der Waals surface area (Å²) < 4.78 is 12.9. The number of thioether (sulfide) groups is 1. The van der Waals surface area contributed by atoms with Gasteiger partial charge in [0.05, 0.1) is 23.6 Å². The van der Waals surface area contributed by atoms with E-state index in [1.807, 2.05) is 53.1 Å². The van der Waals surface area contributed by atoms with Crippen molar-refractivity contribution in [2.75, 3.05) is 18.2 Å². The van der Waals surface area contributed by atoms with Crippen LogP contribution in [0.3, 0.4) is 0 Å². The van der Waals surface area contributed by atoms with Crippen LogP contribution in [-0.2, 0) is 4.79 Å². The SMILES string of the molecule is COc1ccc(-n2cnnc2SCC(=O)Nc2ccccc2Oc2ccccc2Cl)cc1. The van der Waals surface area contributed by atoms with Gasteiger partial charge in [0, 0.05) is 5.69 Å². The Balaban J connectivity index is 1.41. The number of carbonyl (C=O) groups excluding carboxylic acids is 1. The van der Waals surface area contributed by atoms with E-state index in [9.17, 15) is 4.79 Å². The number of ether oxygens (including phenoxy) is 2. The molecule has 1 heterocycles. The maximum Gasteiger partial charge on any atom is 0.234 e. The highest BCUT2D eigenvalue weighted by Gasteiger charge is 2.13. The van der Waals surface area contributed by atoms with E-state index in [0.717, 1.165) is 11.4 Å². The average Bonchev–Trinajstić information content (AvgIpc) is 3.29. The fourth-order valence-corrected chi connectivity index (χ4v) is 3.77. The molecule has 0 unspecified atom stereocenters. The van der Waals surface area contributed by atoms with Gasteiger partial charge in [0.15, 0.2) is 10.9 Å². The molecule has 4 aromatic rings. The number of nitrogens with one attached hydrogen (secondary N) is 1. The van der Waals surface area contributed by atoms with Crippen molar-refractivity contribution in [3.05, 3.63) is 84.1 Å². The molecule has 0 spiro atoms. The third-order valence-corrected chi connectivity index (χ3v) is 5.67. The molecule has 1 amide bonds. The molecular weight excluding hydrogens is 448 g/mol. The third kappa shape index (κ3) is 5.22. The first kappa shape index (κ1) is 21.7. The third-order valence-electron chi connectivity index (χ3n) is 4.42. The summed E-state index contributed by atoms with van der Waals surface area (Å²) in [7, 11) is 1.62. The number of methoxy groups -OCH3 is 1. The summed E-state index contributed by atoms with van der Waals surface area (Å²) >= 11 is 7.47. The Kier molecular flexibility index (Phi) is 6.94. The van der Waals surface area contributed by atoms with Crippen molar-refractivity contribution in [2.45, 2.75) is 5.16 Å². The largest absolute Gasteiger partial charge is 0.497 e. The lowest BCUT2D eigenvalue weighted by Gasteiger charge is -2.13. The molecule has 3 aromatic carbocycles. The summed E-state index contributed by atoms with van der Waals surface area (Å²) in [4.78, 5) is 12.6. The minimum atomic E-state index is -0.200. The van der Waals surface area contributed by atoms with Crippen LogP contribution in [0.25, 0.3) is 5.69 Å². The van der Waals surface area contributed by atoms with Crippen molar-refractivity contribution in [1.82, 2.24) is 14.8 Å². The molecule has 0 saturated carbocycles. The van der Waals surface area contributed by atoms with Gasteiger partial charge >= 0.3 is 0 Å². The summed E-state index contributed by atoms with van der Waals surface area (Å²) in [5.41, 5.74) is 1.42. The average molecular weight is 467 g/mol. The normalized spacial score (nSPS) is 10.6. The molecule has 0 saturated heterocycles. The number of halogens is 1. The summed E-state index contributed by atoms with van der Waals surface area (Å²) in [6.45, 7) is 0. The number of para-hydroxylation sites is 3. The molecule has 1 aromatic heterocycles. The Labute approximate surface area is 194 Å². The van der Waals surface area contributed by atoms with Crippen LogP contribution in [0.4, 0.5) is 5.69 Å². The van der Waals surface area contributed by atoms with Gasteiger partial charge in [-0.2, -0.15) is 0 Å². The highest BCUT2D eigenvalue weighted by molar-refractivity contribution is 7.99. The van der Waals surface area contributed by atoms with Gasteiger partial charge in [-0.15, -0.1) is 10.2 Å². The van der Waals surface area contributed by atoms with E-state index in [1.54, 1.807) is 37.7 Å². The van der Waals surface area contributed by atoms with Gasteiger partial charge < -0.3 is 14.8 Å². The van der Waals surface area contributed by atoms with Crippen LogP contribution in [0.1, 0.15) is 0 Å². The topological polar surface area (TPSA) is 78.3 Å². The number of amides is 1. The molecule has 0 fully saturated rings. The fourth-order valence-electron chi connectivity index (χ4n) is 2.86. The van der Waals surface area contributed by atoms with Gasteiger partial charge in [0.2, 0.25) is 5.91 Å². The molecule has 162 valence electrons. The predicted octanol–water partition coefficient (Wildman–Crippen LogP) is 5.45. The van der Waals surface area contributed by atoms with E-state index in [1.165, 1.54) is 11.8 Å². The number of aromatic nitrogens is 3. The van der Waals surface area contributed by atoms with E-state index < -0.39 is 0 Å². The van der Waals surface area contributed by atoms with Gasteiger partial charge in [0.25, 0.3) is 0 Å². The second-order valence-electron chi connectivity index (χ2n) is 6.55. The molecule has 0 radical (unpaired) electrons. The van der Waals surface area contributed by atoms with Crippen molar-refractivity contribution in [1.29, 1.82) is 0 Å². The second kappa shape index (κ2) is 10.2. The van der Waals surface area contributed by atoms with Crippen molar-refractivity contribution in [3.8, 4) is 22.9 Å². The first-order valence-electron chi connectivity index (χ1n) is 9.62. The lowest BCUT2D eigenvalue weighted by molar-refractivity contribution is -0.113. The van der Waals surface area contributed by atoms with Gasteiger partial charge in [0.1, 0.15) is 17.8 Å². The van der Waals surface area contributed by atoms with Crippen LogP contribution in [0.2, 0.25) is 5.02 Å². The summed E-state index contributed by atoms with van der Waals surface area (Å²) in [5.74, 6) is 1.72. The Hall–Kier alpha value is -3.49. The molecule has 32 heavy (non-hydrogen) atoms. The van der Waals surface area contributed by atoms with Crippen molar-refractivity contribution < 1.29 is 14.3 Å². The van der Waals surface area contributed by atoms with Crippen molar-refractivity contribution in [3.63, 3.8) is 0 Å². The number of rotatable bonds is 8. The number of benzene rings is 3. The lowest BCUT2D eigenvalue weighted by atomic mass is 10.3. The van der Waals surface area contributed by atoms with Crippen LogP contribution in [0.15, 0.2) is 84.3 Å². The Morgan fingerprint density at radius 1 is 1.03 bits per heavy atom. The number of nitrogens with zero attached hydrogens (tertiary/aromatic N) is 3. The molecule has 0 atom stereocenters. The Morgan fingerprint density at radius 3 is 2.50 bits per heavy atom. The second-order valence-corrected chi connectivity index (χ2v) is 7.90. The number of carbonyl (C=O) groups is 1. The Bertz CT molecular complexity index is 1210. The van der Waals surface area contributed by atoms with Gasteiger partial charge in [-0.25, -0.2) is 0 Å². The number of anilines is 1. The zero-order valence-electron chi connectivity index (χ0n) is 17.1. The zero-order chi connectivity index (χ0) is 22.3. The predicted molar refractivity (Wildman–Crippen MR) is 125 cm³/mol. The molecular formula is C23H19ClN4O3S. The molecule has 1 N–H and O–H groups in total. The van der Waals surface area contributed by atoms with Crippen LogP contribution < -0.4 is 14.8 Å². The zero-order valence-corrected chi connectivity index (χ0v) is 18.6. The highest BCUT2D eigenvalue weighted by Crippen LogP contribution is 2.33. The van der Waals surface area contributed by atoms with E-state index in [-0.39, 0.29) is 11.7 Å². The standard InChI is InChI=1S/C23H19ClN4O3S/c1-30-17-12-10-16(11-13-17)28-15-25-27-23(28)32-14-22(29)26-19-7-3-5-9-21(19)31-20-8-4-2-6-18(20)24/h2-13,15H,14H2,1H3,(H,26,29). The van der Waals surface area contributed by atoms with E-state index >= 15 is 0 Å². The fraction of sp³-hybridized carbons (Fsp3) is 0.0870. The molecule has 0 bridgehead atoms. The van der Waals surface area contributed by atoms with Gasteiger partial charge in [-0.1, -0.05) is 47.6 Å². The van der Waals surface area contributed by atoms with Crippen LogP contribution in [0, 0.1) is 0 Å². The Morgan fingerprint density at radius 2 is 1.75 bits per heavy atom. The highest BCUT2D eigenvalue weighted by atomic mass is 35.5. The first-order valence-corrected chi connectivity index (χ1v) is 11.0. The maximum absolute atomic E-state index is 12.6.